The topological polar surface area (TPSA) is 59.9 Å². The van der Waals surface area contributed by atoms with E-state index in [0.717, 1.165) is 35.5 Å². The first-order chi connectivity index (χ1) is 15.9. The highest BCUT2D eigenvalue weighted by atomic mass is 127. The van der Waals surface area contributed by atoms with Crippen LogP contribution < -0.4 is 14.8 Å². The molecule has 1 fully saturated rings. The predicted octanol–water partition coefficient (Wildman–Crippen LogP) is 7.03. The van der Waals surface area contributed by atoms with E-state index in [9.17, 15) is 4.79 Å². The number of methoxy groups -OCH3 is 1. The Morgan fingerprint density at radius 1 is 1.06 bits per heavy atom. The number of nitrogens with one attached hydrogen (secondary N) is 1. The zero-order valence-electron chi connectivity index (χ0n) is 17.3. The molecular formula is C24H17ClI2N2O3S. The van der Waals surface area contributed by atoms with Crippen LogP contribution >= 0.6 is 68.5 Å². The summed E-state index contributed by atoms with van der Waals surface area (Å²) in [6, 6.07) is 18.9. The van der Waals surface area contributed by atoms with E-state index in [1.165, 1.54) is 11.8 Å². The molecule has 4 rings (SSSR count). The maximum Gasteiger partial charge on any atom is 0.264 e. The quantitative estimate of drug-likeness (QED) is 0.222. The third kappa shape index (κ3) is 6.43. The predicted molar refractivity (Wildman–Crippen MR) is 151 cm³/mol. The lowest BCUT2D eigenvalue weighted by Gasteiger charge is -2.12. The number of hydrogen-bond donors (Lipinski definition) is 1. The summed E-state index contributed by atoms with van der Waals surface area (Å²) in [5.74, 6) is 1.41. The van der Waals surface area contributed by atoms with Gasteiger partial charge in [-0.2, -0.15) is 0 Å². The third-order valence-electron chi connectivity index (χ3n) is 4.57. The number of rotatable bonds is 6. The minimum Gasteiger partial charge on any atom is -0.497 e. The SMILES string of the molecule is COc1ccc(N=C2NC(=O)/C(=C/c3cc(I)c(OCc4ccc(Cl)cc4)c(I)c3)S2)cc1. The Balaban J connectivity index is 1.48. The van der Waals surface area contributed by atoms with Gasteiger partial charge in [-0.05, 0) is 123 Å². The zero-order valence-corrected chi connectivity index (χ0v) is 23.2. The molecule has 5 nitrogen and oxygen atoms in total. The van der Waals surface area contributed by atoms with Crippen molar-refractivity contribution < 1.29 is 14.3 Å². The number of carbonyl (C=O) groups excluding carboxylic acids is 1. The molecule has 0 spiro atoms. The molecule has 0 saturated carbocycles. The Bertz CT molecular complexity index is 1220. The Hall–Kier alpha value is -1.76. The summed E-state index contributed by atoms with van der Waals surface area (Å²) in [7, 11) is 1.62. The number of ether oxygens (including phenoxy) is 2. The van der Waals surface area contributed by atoms with Gasteiger partial charge in [-0.25, -0.2) is 4.99 Å². The van der Waals surface area contributed by atoms with E-state index >= 15 is 0 Å². The normalized spacial score (nSPS) is 15.7. The van der Waals surface area contributed by atoms with E-state index in [1.807, 2.05) is 66.7 Å². The number of carbonyl (C=O) groups is 1. The average Bonchev–Trinajstić information content (AvgIpc) is 3.13. The van der Waals surface area contributed by atoms with Crippen molar-refractivity contribution >= 4 is 91.4 Å². The van der Waals surface area contributed by atoms with Crippen molar-refractivity contribution in [1.82, 2.24) is 5.32 Å². The van der Waals surface area contributed by atoms with Crippen molar-refractivity contribution in [3.05, 3.63) is 88.9 Å². The standard InChI is InChI=1S/C24H17ClI2N2O3S/c1-31-18-8-6-17(7-9-18)28-24-29-23(30)21(33-24)12-15-10-19(26)22(20(27)11-15)32-13-14-2-4-16(25)5-3-14/h2-12H,13H2,1H3,(H,28,29,30)/b21-12-. The fraction of sp³-hybridized carbons (Fsp3) is 0.0833. The highest BCUT2D eigenvalue weighted by Gasteiger charge is 2.24. The van der Waals surface area contributed by atoms with Crippen LogP contribution in [0.5, 0.6) is 11.5 Å². The number of amidine groups is 1. The summed E-state index contributed by atoms with van der Waals surface area (Å²) >= 11 is 11.8. The first kappa shape index (κ1) is 24.4. The van der Waals surface area contributed by atoms with Crippen LogP contribution in [-0.2, 0) is 11.4 Å². The maximum absolute atomic E-state index is 12.5. The minimum atomic E-state index is -0.166. The lowest BCUT2D eigenvalue weighted by atomic mass is 10.2. The Kier molecular flexibility index (Phi) is 8.20. The molecule has 168 valence electrons. The van der Waals surface area contributed by atoms with Gasteiger partial charge in [0.15, 0.2) is 5.17 Å². The number of halogens is 3. The van der Waals surface area contributed by atoms with Crippen LogP contribution in [0.4, 0.5) is 5.69 Å². The van der Waals surface area contributed by atoms with E-state index in [-0.39, 0.29) is 5.91 Å². The van der Waals surface area contributed by atoms with Crippen LogP contribution in [0.2, 0.25) is 5.02 Å². The van der Waals surface area contributed by atoms with E-state index < -0.39 is 0 Å². The molecule has 1 aliphatic heterocycles. The molecule has 3 aromatic rings. The fourth-order valence-electron chi connectivity index (χ4n) is 2.94. The van der Waals surface area contributed by atoms with Gasteiger partial charge in [0.25, 0.3) is 5.91 Å². The summed E-state index contributed by atoms with van der Waals surface area (Å²) in [5, 5.41) is 4.07. The van der Waals surface area contributed by atoms with Crippen LogP contribution in [0.25, 0.3) is 6.08 Å². The van der Waals surface area contributed by atoms with Gasteiger partial charge in [0.2, 0.25) is 0 Å². The second-order valence-electron chi connectivity index (χ2n) is 6.91. The number of aliphatic imine (C=N–C) groups is 1. The molecule has 1 amide bonds. The highest BCUT2D eigenvalue weighted by Crippen LogP contribution is 2.33. The second kappa shape index (κ2) is 11.1. The Labute approximate surface area is 228 Å². The third-order valence-corrected chi connectivity index (χ3v) is 7.33. The molecule has 33 heavy (non-hydrogen) atoms. The van der Waals surface area contributed by atoms with Gasteiger partial charge in [-0.1, -0.05) is 23.7 Å². The van der Waals surface area contributed by atoms with Gasteiger partial charge in [0, 0.05) is 5.02 Å². The Morgan fingerprint density at radius 2 is 1.73 bits per heavy atom. The fourth-order valence-corrected chi connectivity index (χ4v) is 6.04. The van der Waals surface area contributed by atoms with Gasteiger partial charge >= 0.3 is 0 Å². The van der Waals surface area contributed by atoms with Gasteiger partial charge in [-0.15, -0.1) is 0 Å². The maximum atomic E-state index is 12.5. The molecule has 0 atom stereocenters. The molecule has 1 aliphatic rings. The number of amides is 1. The number of nitrogens with zero attached hydrogens (tertiary/aromatic N) is 1. The van der Waals surface area contributed by atoms with Gasteiger partial charge in [-0.3, -0.25) is 4.79 Å². The van der Waals surface area contributed by atoms with Crippen LogP contribution in [-0.4, -0.2) is 18.2 Å². The van der Waals surface area contributed by atoms with Gasteiger partial charge in [0.05, 0.1) is 24.8 Å². The molecular weight excluding hydrogens is 686 g/mol. The summed E-state index contributed by atoms with van der Waals surface area (Å²) in [4.78, 5) is 17.6. The molecule has 1 saturated heterocycles. The van der Waals surface area contributed by atoms with Crippen molar-refractivity contribution in [2.75, 3.05) is 7.11 Å². The van der Waals surface area contributed by atoms with Gasteiger partial charge < -0.3 is 14.8 Å². The van der Waals surface area contributed by atoms with Crippen molar-refractivity contribution in [3.63, 3.8) is 0 Å². The van der Waals surface area contributed by atoms with Crippen LogP contribution in [0.15, 0.2) is 70.6 Å². The molecule has 0 bridgehead atoms. The summed E-state index contributed by atoms with van der Waals surface area (Å²) in [6.45, 7) is 0.451. The largest absolute Gasteiger partial charge is 0.497 e. The average molecular weight is 703 g/mol. The highest BCUT2D eigenvalue weighted by molar-refractivity contribution is 14.1. The first-order valence-corrected chi connectivity index (χ1v) is 13.1. The van der Waals surface area contributed by atoms with Crippen LogP contribution in [0.3, 0.4) is 0 Å². The van der Waals surface area contributed by atoms with E-state index in [0.29, 0.717) is 21.7 Å². The summed E-state index contributed by atoms with van der Waals surface area (Å²) in [5.41, 5.74) is 2.71. The van der Waals surface area contributed by atoms with E-state index in [2.05, 4.69) is 55.5 Å². The molecule has 0 radical (unpaired) electrons. The van der Waals surface area contributed by atoms with Crippen molar-refractivity contribution in [1.29, 1.82) is 0 Å². The molecule has 1 N–H and O–H groups in total. The number of thioether (sulfide) groups is 1. The summed E-state index contributed by atoms with van der Waals surface area (Å²) < 4.78 is 13.1. The Morgan fingerprint density at radius 3 is 2.36 bits per heavy atom. The molecule has 0 aliphatic carbocycles. The first-order valence-electron chi connectivity index (χ1n) is 9.71. The molecule has 0 aromatic heterocycles. The van der Waals surface area contributed by atoms with Gasteiger partial charge in [0.1, 0.15) is 18.1 Å². The van der Waals surface area contributed by atoms with E-state index in [1.54, 1.807) is 7.11 Å². The smallest absolute Gasteiger partial charge is 0.264 e. The minimum absolute atomic E-state index is 0.166. The number of benzene rings is 3. The molecule has 1 heterocycles. The van der Waals surface area contributed by atoms with Crippen LogP contribution in [0.1, 0.15) is 11.1 Å². The second-order valence-corrected chi connectivity index (χ2v) is 10.7. The van der Waals surface area contributed by atoms with Crippen molar-refractivity contribution in [3.8, 4) is 11.5 Å². The monoisotopic (exact) mass is 702 g/mol. The summed E-state index contributed by atoms with van der Waals surface area (Å²) in [6.07, 6.45) is 1.86. The van der Waals surface area contributed by atoms with Crippen LogP contribution in [0, 0.1) is 7.14 Å². The molecule has 3 aromatic carbocycles. The van der Waals surface area contributed by atoms with E-state index in [4.69, 9.17) is 21.1 Å². The number of hydrogen-bond acceptors (Lipinski definition) is 5. The van der Waals surface area contributed by atoms with Crippen molar-refractivity contribution in [2.45, 2.75) is 6.61 Å². The zero-order chi connectivity index (χ0) is 23.4. The lowest BCUT2D eigenvalue weighted by Crippen LogP contribution is -2.19. The molecule has 0 unspecified atom stereocenters. The molecule has 9 heteroatoms. The van der Waals surface area contributed by atoms with Crippen molar-refractivity contribution in [2.24, 2.45) is 4.99 Å². The lowest BCUT2D eigenvalue weighted by molar-refractivity contribution is -0.115.